The zero-order chi connectivity index (χ0) is 11.8. The summed E-state index contributed by atoms with van der Waals surface area (Å²) in [4.78, 5) is 6.22. The van der Waals surface area contributed by atoms with Crippen molar-refractivity contribution in [1.29, 1.82) is 0 Å². The van der Waals surface area contributed by atoms with Crippen LogP contribution in [0.5, 0.6) is 0 Å². The largest absolute Gasteiger partial charge is 0.356 e. The lowest BCUT2D eigenvalue weighted by molar-refractivity contribution is 0.470. The Labute approximate surface area is 100 Å². The second kappa shape index (κ2) is 7.53. The average Bonchev–Trinajstić information content (AvgIpc) is 2.75. The quantitative estimate of drug-likeness (QED) is 0.442. The number of nitrogens with zero attached hydrogens (tertiary/aromatic N) is 2. The first-order valence-corrected chi connectivity index (χ1v) is 6.62. The van der Waals surface area contributed by atoms with Crippen LogP contribution in [-0.2, 0) is 0 Å². The van der Waals surface area contributed by atoms with Crippen LogP contribution in [-0.4, -0.2) is 38.5 Å². The molecule has 16 heavy (non-hydrogen) atoms. The molecule has 1 saturated carbocycles. The highest BCUT2D eigenvalue weighted by Crippen LogP contribution is 2.28. The van der Waals surface area contributed by atoms with Crippen LogP contribution in [0, 0.1) is 5.92 Å². The maximum Gasteiger partial charge on any atom is 0.193 e. The Kier molecular flexibility index (Phi) is 6.27. The molecule has 0 heterocycles. The van der Waals surface area contributed by atoms with E-state index in [2.05, 4.69) is 10.3 Å². The van der Waals surface area contributed by atoms with Crippen LogP contribution in [0.25, 0.3) is 0 Å². The Bertz CT molecular complexity index is 205. The van der Waals surface area contributed by atoms with E-state index in [4.69, 9.17) is 0 Å². The lowest BCUT2D eigenvalue weighted by atomic mass is 10.0. The van der Waals surface area contributed by atoms with E-state index in [-0.39, 0.29) is 0 Å². The van der Waals surface area contributed by atoms with Gasteiger partial charge in [0.05, 0.1) is 0 Å². The van der Waals surface area contributed by atoms with Crippen LogP contribution >= 0.6 is 0 Å². The molecule has 0 aliphatic heterocycles. The third-order valence-corrected chi connectivity index (χ3v) is 3.43. The number of unbranched alkanes of at least 4 members (excludes halogenated alkanes) is 1. The van der Waals surface area contributed by atoms with E-state index >= 15 is 0 Å². The van der Waals surface area contributed by atoms with Crippen molar-refractivity contribution in [2.24, 2.45) is 10.9 Å². The molecule has 0 atom stereocenters. The first kappa shape index (κ1) is 13.3. The van der Waals surface area contributed by atoms with E-state index in [1.807, 2.05) is 26.0 Å². The van der Waals surface area contributed by atoms with Gasteiger partial charge in [-0.3, -0.25) is 4.99 Å². The van der Waals surface area contributed by atoms with Gasteiger partial charge in [-0.05, 0) is 12.3 Å². The van der Waals surface area contributed by atoms with E-state index in [1.165, 1.54) is 44.9 Å². The van der Waals surface area contributed by atoms with Crippen molar-refractivity contribution in [1.82, 2.24) is 10.2 Å². The second-order valence-electron chi connectivity index (χ2n) is 5.01. The summed E-state index contributed by atoms with van der Waals surface area (Å²) in [5.74, 6) is 2.02. The van der Waals surface area contributed by atoms with Crippen molar-refractivity contribution >= 4 is 5.96 Å². The van der Waals surface area contributed by atoms with Gasteiger partial charge in [0.15, 0.2) is 5.96 Å². The molecule has 0 aromatic rings. The first-order valence-electron chi connectivity index (χ1n) is 6.62. The smallest absolute Gasteiger partial charge is 0.193 e. The van der Waals surface area contributed by atoms with Crippen LogP contribution in [0.1, 0.15) is 44.9 Å². The van der Waals surface area contributed by atoms with E-state index in [1.54, 1.807) is 0 Å². The monoisotopic (exact) mass is 225 g/mol. The van der Waals surface area contributed by atoms with Gasteiger partial charge in [-0.15, -0.1) is 0 Å². The van der Waals surface area contributed by atoms with Crippen molar-refractivity contribution in [2.75, 3.05) is 27.7 Å². The zero-order valence-electron chi connectivity index (χ0n) is 11.1. The normalized spacial score (nSPS) is 17.8. The minimum absolute atomic E-state index is 0.987. The maximum absolute atomic E-state index is 4.19. The molecule has 0 amide bonds. The predicted molar refractivity (Wildman–Crippen MR) is 70.9 cm³/mol. The molecule has 0 saturated heterocycles. The Morgan fingerprint density at radius 2 is 1.94 bits per heavy atom. The third-order valence-electron chi connectivity index (χ3n) is 3.43. The molecular weight excluding hydrogens is 198 g/mol. The van der Waals surface area contributed by atoms with Crippen LogP contribution < -0.4 is 5.32 Å². The van der Waals surface area contributed by atoms with E-state index in [0.717, 1.165) is 18.4 Å². The minimum atomic E-state index is 0.987. The van der Waals surface area contributed by atoms with Crippen molar-refractivity contribution in [3.05, 3.63) is 0 Å². The van der Waals surface area contributed by atoms with Gasteiger partial charge < -0.3 is 10.2 Å². The molecule has 0 radical (unpaired) electrons. The summed E-state index contributed by atoms with van der Waals surface area (Å²) in [6.45, 7) is 1.05. The molecule has 3 nitrogen and oxygen atoms in total. The summed E-state index contributed by atoms with van der Waals surface area (Å²) in [5.41, 5.74) is 0. The van der Waals surface area contributed by atoms with Gasteiger partial charge >= 0.3 is 0 Å². The lowest BCUT2D eigenvalue weighted by Gasteiger charge is -2.17. The fourth-order valence-corrected chi connectivity index (χ4v) is 2.49. The molecule has 1 rings (SSSR count). The molecule has 0 aromatic carbocycles. The fraction of sp³-hybridized carbons (Fsp3) is 0.923. The summed E-state index contributed by atoms with van der Waals surface area (Å²) in [6, 6.07) is 0. The summed E-state index contributed by atoms with van der Waals surface area (Å²) in [7, 11) is 5.88. The Balaban J connectivity index is 1.98. The number of rotatable bonds is 5. The summed E-state index contributed by atoms with van der Waals surface area (Å²) >= 11 is 0. The Hall–Kier alpha value is -0.730. The molecule has 1 fully saturated rings. The summed E-state index contributed by atoms with van der Waals surface area (Å²) in [5, 5.41) is 3.37. The van der Waals surface area contributed by atoms with E-state index in [9.17, 15) is 0 Å². The standard InChI is InChI=1S/C13H27N3/c1-14-13(16(2)3)15-11-7-6-10-12-8-4-5-9-12/h12H,4-11H2,1-3H3,(H,14,15). The van der Waals surface area contributed by atoms with Gasteiger partial charge in [-0.2, -0.15) is 0 Å². The minimum Gasteiger partial charge on any atom is -0.356 e. The van der Waals surface area contributed by atoms with Gasteiger partial charge in [-0.25, -0.2) is 0 Å². The molecular formula is C13H27N3. The van der Waals surface area contributed by atoms with Crippen LogP contribution in [0.2, 0.25) is 0 Å². The molecule has 1 aliphatic rings. The third kappa shape index (κ3) is 4.86. The molecule has 94 valence electrons. The molecule has 0 aromatic heterocycles. The number of hydrogen-bond donors (Lipinski definition) is 1. The highest BCUT2D eigenvalue weighted by molar-refractivity contribution is 5.79. The molecule has 3 heteroatoms. The number of guanidine groups is 1. The highest BCUT2D eigenvalue weighted by Gasteiger charge is 2.13. The zero-order valence-corrected chi connectivity index (χ0v) is 11.1. The highest BCUT2D eigenvalue weighted by atomic mass is 15.3. The number of aliphatic imine (C=N–C) groups is 1. The summed E-state index contributed by atoms with van der Waals surface area (Å²) < 4.78 is 0. The van der Waals surface area contributed by atoms with Gasteiger partial charge in [0, 0.05) is 27.7 Å². The topological polar surface area (TPSA) is 27.6 Å². The molecule has 0 spiro atoms. The predicted octanol–water partition coefficient (Wildman–Crippen LogP) is 2.48. The van der Waals surface area contributed by atoms with E-state index < -0.39 is 0 Å². The molecule has 0 bridgehead atoms. The van der Waals surface area contributed by atoms with Crippen LogP contribution in [0.3, 0.4) is 0 Å². The van der Waals surface area contributed by atoms with Crippen molar-refractivity contribution in [3.8, 4) is 0 Å². The Morgan fingerprint density at radius 3 is 2.50 bits per heavy atom. The van der Waals surface area contributed by atoms with Gasteiger partial charge in [-0.1, -0.05) is 38.5 Å². The van der Waals surface area contributed by atoms with Crippen molar-refractivity contribution in [2.45, 2.75) is 44.9 Å². The molecule has 0 unspecified atom stereocenters. The lowest BCUT2D eigenvalue weighted by Crippen LogP contribution is -2.36. The SMILES string of the molecule is CN=C(NCCCCC1CCCC1)N(C)C. The van der Waals surface area contributed by atoms with Crippen LogP contribution in [0.15, 0.2) is 4.99 Å². The van der Waals surface area contributed by atoms with Crippen molar-refractivity contribution in [3.63, 3.8) is 0 Å². The summed E-state index contributed by atoms with van der Waals surface area (Å²) in [6.07, 6.45) is 9.96. The maximum atomic E-state index is 4.19. The van der Waals surface area contributed by atoms with Gasteiger partial charge in [0.25, 0.3) is 0 Å². The number of nitrogens with one attached hydrogen (secondary N) is 1. The van der Waals surface area contributed by atoms with Gasteiger partial charge in [0.2, 0.25) is 0 Å². The number of hydrogen-bond acceptors (Lipinski definition) is 1. The second-order valence-corrected chi connectivity index (χ2v) is 5.01. The van der Waals surface area contributed by atoms with Crippen molar-refractivity contribution < 1.29 is 0 Å². The van der Waals surface area contributed by atoms with Gasteiger partial charge in [0.1, 0.15) is 0 Å². The molecule has 1 aliphatic carbocycles. The van der Waals surface area contributed by atoms with Crippen LogP contribution in [0.4, 0.5) is 0 Å². The fourth-order valence-electron chi connectivity index (χ4n) is 2.49. The van der Waals surface area contributed by atoms with E-state index in [0.29, 0.717) is 0 Å². The first-order chi connectivity index (χ1) is 7.74. The Morgan fingerprint density at radius 1 is 1.25 bits per heavy atom. The average molecular weight is 225 g/mol. The molecule has 1 N–H and O–H groups in total.